The van der Waals surface area contributed by atoms with E-state index in [0.29, 0.717) is 12.1 Å². The number of halogens is 10. The molecule has 0 nitrogen and oxygen atoms in total. The van der Waals surface area contributed by atoms with Crippen molar-refractivity contribution in [3.05, 3.63) is 116 Å². The molecule has 2 unspecified atom stereocenters. The van der Waals surface area contributed by atoms with Crippen LogP contribution in [0.2, 0.25) is 0 Å². The number of hydrogen-bond acceptors (Lipinski definition) is 0. The Balaban J connectivity index is 1.67. The Labute approximate surface area is 184 Å². The lowest BCUT2D eigenvalue weighted by Gasteiger charge is -2.18. The monoisotopic (exact) mass is 486 g/mol. The quantitative estimate of drug-likeness (QED) is 0.322. The summed E-state index contributed by atoms with van der Waals surface area (Å²) in [7, 11) is 0. The van der Waals surface area contributed by atoms with Gasteiger partial charge in [0.15, 0.2) is 46.6 Å². The summed E-state index contributed by atoms with van der Waals surface area (Å²) in [5.41, 5.74) is -4.84. The fourth-order valence-corrected chi connectivity index (χ4v) is 4.46. The Bertz CT molecular complexity index is 1360. The van der Waals surface area contributed by atoms with Crippen LogP contribution < -0.4 is 0 Å². The lowest BCUT2D eigenvalue weighted by molar-refractivity contribution is 0.471. The molecule has 10 heteroatoms. The fraction of sp³-hybridized carbons (Fsp3) is 0.0833. The van der Waals surface area contributed by atoms with Crippen LogP contribution >= 0.6 is 0 Å². The molecule has 0 heterocycles. The van der Waals surface area contributed by atoms with E-state index in [9.17, 15) is 35.1 Å². The van der Waals surface area contributed by atoms with E-state index in [1.165, 1.54) is 0 Å². The van der Waals surface area contributed by atoms with Crippen LogP contribution in [-0.2, 0) is 0 Å². The average molecular weight is 486 g/mol. The van der Waals surface area contributed by atoms with Crippen LogP contribution in [0.5, 0.6) is 0 Å². The number of allylic oxidation sites excluding steroid dienone is 2. The second kappa shape index (κ2) is 7.48. The predicted octanol–water partition coefficient (Wildman–Crippen LogP) is 8.03. The minimum absolute atomic E-state index is 0.513. The number of hydrogen-bond donors (Lipinski definition) is 0. The van der Waals surface area contributed by atoms with E-state index in [0.717, 1.165) is 24.3 Å². The standard InChI is InChI=1S/C24H8F10/c25-11-5-3-7-13(21(31)23(33)15(7)19(11)29)9-1-2-10(18(28)17(9)27)14-8-4-6-12(26)20(30)16(8)24(34)22(14)32/h1-6,13-14H. The van der Waals surface area contributed by atoms with Gasteiger partial charge >= 0.3 is 0 Å². The Kier molecular flexibility index (Phi) is 4.89. The molecule has 0 saturated heterocycles. The van der Waals surface area contributed by atoms with Crippen molar-refractivity contribution in [2.24, 2.45) is 0 Å². The molecular weight excluding hydrogens is 478 g/mol. The third-order valence-electron chi connectivity index (χ3n) is 6.01. The van der Waals surface area contributed by atoms with Crippen molar-refractivity contribution in [3.8, 4) is 0 Å². The van der Waals surface area contributed by atoms with Crippen LogP contribution in [0.15, 0.2) is 48.1 Å². The van der Waals surface area contributed by atoms with Crippen LogP contribution in [0.3, 0.4) is 0 Å². The van der Waals surface area contributed by atoms with Gasteiger partial charge in [0, 0.05) is 11.1 Å². The Morgan fingerprint density at radius 3 is 1.06 bits per heavy atom. The highest BCUT2D eigenvalue weighted by atomic mass is 19.2. The van der Waals surface area contributed by atoms with Crippen LogP contribution in [0.1, 0.15) is 45.2 Å². The minimum atomic E-state index is -1.98. The third-order valence-corrected chi connectivity index (χ3v) is 6.01. The largest absolute Gasteiger partial charge is 0.208 e. The first-order chi connectivity index (χ1) is 16.1. The first-order valence-electron chi connectivity index (χ1n) is 9.60. The zero-order valence-electron chi connectivity index (χ0n) is 16.4. The van der Waals surface area contributed by atoms with Crippen molar-refractivity contribution < 1.29 is 43.9 Å². The van der Waals surface area contributed by atoms with E-state index in [1.807, 2.05) is 0 Å². The first kappa shape index (κ1) is 22.2. The summed E-state index contributed by atoms with van der Waals surface area (Å²) in [6, 6.07) is 4.20. The molecule has 2 atom stereocenters. The van der Waals surface area contributed by atoms with Crippen molar-refractivity contribution in [1.29, 1.82) is 0 Å². The molecule has 2 aliphatic carbocycles. The highest BCUT2D eigenvalue weighted by Gasteiger charge is 2.42. The molecule has 0 fully saturated rings. The highest BCUT2D eigenvalue weighted by Crippen LogP contribution is 2.51. The minimum Gasteiger partial charge on any atom is -0.208 e. The van der Waals surface area contributed by atoms with Gasteiger partial charge in [-0.05, 0) is 23.3 Å². The second-order valence-corrected chi connectivity index (χ2v) is 7.71. The topological polar surface area (TPSA) is 0 Å². The SMILES string of the molecule is FC1=C(F)C(c2ccc(C3C(F)=C(F)c4c3ccc(F)c4F)c(F)c2F)c2ccc(F)c(F)c21. The smallest absolute Gasteiger partial charge is 0.169 e. The van der Waals surface area contributed by atoms with Crippen molar-refractivity contribution in [1.82, 2.24) is 0 Å². The highest BCUT2D eigenvalue weighted by molar-refractivity contribution is 5.76. The molecule has 0 aliphatic heterocycles. The molecule has 34 heavy (non-hydrogen) atoms. The lowest BCUT2D eigenvalue weighted by atomic mass is 9.87. The van der Waals surface area contributed by atoms with Gasteiger partial charge in [-0.25, -0.2) is 43.9 Å². The zero-order valence-corrected chi connectivity index (χ0v) is 16.4. The van der Waals surface area contributed by atoms with E-state index in [2.05, 4.69) is 0 Å². The van der Waals surface area contributed by atoms with Crippen LogP contribution in [0.25, 0.3) is 11.7 Å². The molecule has 0 radical (unpaired) electrons. The van der Waals surface area contributed by atoms with Gasteiger partial charge in [0.05, 0.1) is 23.0 Å². The summed E-state index contributed by atoms with van der Waals surface area (Å²) in [6.45, 7) is 0. The summed E-state index contributed by atoms with van der Waals surface area (Å²) in [6.07, 6.45) is 0. The van der Waals surface area contributed by atoms with Gasteiger partial charge in [-0.2, -0.15) is 0 Å². The molecule has 3 aromatic carbocycles. The molecule has 0 amide bonds. The Hall–Kier alpha value is -3.56. The van der Waals surface area contributed by atoms with Crippen LogP contribution in [0, 0.1) is 34.9 Å². The van der Waals surface area contributed by atoms with Crippen molar-refractivity contribution in [2.45, 2.75) is 11.8 Å². The molecule has 0 spiro atoms. The molecule has 0 aromatic heterocycles. The summed E-state index contributed by atoms with van der Waals surface area (Å²) in [5, 5.41) is 0. The number of benzene rings is 3. The second-order valence-electron chi connectivity index (χ2n) is 7.71. The molecule has 5 rings (SSSR count). The van der Waals surface area contributed by atoms with Gasteiger partial charge < -0.3 is 0 Å². The summed E-state index contributed by atoms with van der Waals surface area (Å²) in [4.78, 5) is 0. The van der Waals surface area contributed by atoms with Crippen molar-refractivity contribution in [3.63, 3.8) is 0 Å². The summed E-state index contributed by atoms with van der Waals surface area (Å²) >= 11 is 0. The maximum Gasteiger partial charge on any atom is 0.169 e. The number of fused-ring (bicyclic) bond motifs is 2. The van der Waals surface area contributed by atoms with Gasteiger partial charge in [0.25, 0.3) is 0 Å². The van der Waals surface area contributed by atoms with Crippen molar-refractivity contribution in [2.75, 3.05) is 0 Å². The lowest BCUT2D eigenvalue weighted by Crippen LogP contribution is -2.10. The molecule has 174 valence electrons. The molecule has 0 bridgehead atoms. The van der Waals surface area contributed by atoms with E-state index in [-0.39, 0.29) is 0 Å². The van der Waals surface area contributed by atoms with E-state index in [4.69, 9.17) is 0 Å². The average Bonchev–Trinajstić information content (AvgIpc) is 3.21. The Morgan fingerprint density at radius 1 is 0.382 bits per heavy atom. The first-order valence-corrected chi connectivity index (χ1v) is 9.60. The number of rotatable bonds is 2. The van der Waals surface area contributed by atoms with Gasteiger partial charge in [0.2, 0.25) is 0 Å². The third kappa shape index (κ3) is 2.80. The molecule has 0 saturated carbocycles. The summed E-state index contributed by atoms with van der Waals surface area (Å²) in [5.74, 6) is -21.0. The maximum absolute atomic E-state index is 15.1. The van der Waals surface area contributed by atoms with Gasteiger partial charge in [-0.15, -0.1) is 0 Å². The van der Waals surface area contributed by atoms with E-state index < -0.39 is 103 Å². The fourth-order valence-electron chi connectivity index (χ4n) is 4.46. The normalized spacial score (nSPS) is 19.2. The van der Waals surface area contributed by atoms with E-state index >= 15 is 8.78 Å². The predicted molar refractivity (Wildman–Crippen MR) is 101 cm³/mol. The van der Waals surface area contributed by atoms with Crippen LogP contribution in [-0.4, -0.2) is 0 Å². The van der Waals surface area contributed by atoms with Gasteiger partial charge in [-0.3, -0.25) is 0 Å². The molecular formula is C24H8F10. The molecule has 3 aromatic rings. The van der Waals surface area contributed by atoms with Crippen molar-refractivity contribution >= 4 is 11.7 Å². The zero-order chi connectivity index (χ0) is 24.6. The Morgan fingerprint density at radius 2 is 0.706 bits per heavy atom. The van der Waals surface area contributed by atoms with Gasteiger partial charge in [-0.1, -0.05) is 24.3 Å². The van der Waals surface area contributed by atoms with Crippen LogP contribution in [0.4, 0.5) is 43.9 Å². The molecule has 2 aliphatic rings. The maximum atomic E-state index is 15.1. The summed E-state index contributed by atoms with van der Waals surface area (Å²) < 4.78 is 143. The van der Waals surface area contributed by atoms with Gasteiger partial charge in [0.1, 0.15) is 11.7 Å². The molecule has 0 N–H and O–H groups in total. The van der Waals surface area contributed by atoms with E-state index in [1.54, 1.807) is 0 Å².